The molecule has 5 nitrogen and oxygen atoms in total. The van der Waals surface area contributed by atoms with Crippen LogP contribution in [0.2, 0.25) is 0 Å². The normalized spacial score (nSPS) is 10.4. The third-order valence-corrected chi connectivity index (χ3v) is 3.11. The molecule has 0 bridgehead atoms. The number of hydrogen-bond acceptors (Lipinski definition) is 4. The molecule has 0 fully saturated rings. The quantitative estimate of drug-likeness (QED) is 0.703. The number of benzene rings is 2. The Balaban J connectivity index is 1.76. The zero-order valence-electron chi connectivity index (χ0n) is 13.7. The number of carbonyl (C=O) groups excluding carboxylic acids is 1. The maximum absolute atomic E-state index is 12.2. The van der Waals surface area contributed by atoms with Crippen molar-refractivity contribution in [2.45, 2.75) is 13.5 Å². The number of rotatable bonds is 9. The molecule has 2 aromatic rings. The van der Waals surface area contributed by atoms with Crippen LogP contribution in [0.15, 0.2) is 48.5 Å². The summed E-state index contributed by atoms with van der Waals surface area (Å²) in [6.45, 7) is 0.109. The van der Waals surface area contributed by atoms with Crippen LogP contribution in [0.25, 0.3) is 0 Å². The van der Waals surface area contributed by atoms with Crippen molar-refractivity contribution in [2.75, 3.05) is 19.8 Å². The highest BCUT2D eigenvalue weighted by Crippen LogP contribution is 2.17. The van der Waals surface area contributed by atoms with Crippen LogP contribution in [0.5, 0.6) is 17.2 Å². The molecule has 0 atom stereocenters. The molecular formula is C18H19F2NO4. The van der Waals surface area contributed by atoms with Crippen LogP contribution in [-0.4, -0.2) is 32.3 Å². The van der Waals surface area contributed by atoms with Gasteiger partial charge < -0.3 is 19.5 Å². The predicted octanol–water partition coefficient (Wildman–Crippen LogP) is 3.50. The van der Waals surface area contributed by atoms with E-state index in [1.165, 1.54) is 24.3 Å². The van der Waals surface area contributed by atoms with Crippen LogP contribution in [0.4, 0.5) is 8.78 Å². The molecule has 25 heavy (non-hydrogen) atoms. The summed E-state index contributed by atoms with van der Waals surface area (Å²) in [6.07, 6.45) is 0. The van der Waals surface area contributed by atoms with E-state index in [0.717, 1.165) is 5.75 Å². The second-order valence-corrected chi connectivity index (χ2v) is 4.92. The molecule has 0 aliphatic rings. The molecule has 0 aromatic heterocycles. The first kappa shape index (κ1) is 18.5. The van der Waals surface area contributed by atoms with Gasteiger partial charge in [0, 0.05) is 5.56 Å². The highest BCUT2D eigenvalue weighted by atomic mass is 19.3. The number of halogens is 2. The van der Waals surface area contributed by atoms with Gasteiger partial charge in [0.25, 0.3) is 5.91 Å². The topological polar surface area (TPSA) is 56.8 Å². The first-order chi connectivity index (χ1) is 12.1. The van der Waals surface area contributed by atoms with Crippen molar-refractivity contribution in [3.8, 4) is 17.2 Å². The lowest BCUT2D eigenvalue weighted by Crippen LogP contribution is -2.28. The van der Waals surface area contributed by atoms with E-state index in [1.807, 2.05) is 6.92 Å². The molecular weight excluding hydrogens is 332 g/mol. The van der Waals surface area contributed by atoms with Crippen molar-refractivity contribution in [3.05, 3.63) is 54.1 Å². The lowest BCUT2D eigenvalue weighted by molar-refractivity contribution is -0.0498. The van der Waals surface area contributed by atoms with Crippen molar-refractivity contribution >= 4 is 5.91 Å². The molecule has 0 aliphatic carbocycles. The van der Waals surface area contributed by atoms with Gasteiger partial charge in [0.15, 0.2) is 0 Å². The number of ether oxygens (including phenoxy) is 3. The van der Waals surface area contributed by atoms with Crippen LogP contribution in [0.3, 0.4) is 0 Å². The van der Waals surface area contributed by atoms with Crippen molar-refractivity contribution in [1.82, 2.24) is 5.32 Å². The van der Waals surface area contributed by atoms with Crippen LogP contribution in [0, 0.1) is 0 Å². The number of carbonyl (C=O) groups is 1. The van der Waals surface area contributed by atoms with Gasteiger partial charge in [-0.05, 0) is 49.4 Å². The minimum Gasteiger partial charge on any atom is -0.494 e. The molecule has 0 spiro atoms. The summed E-state index contributed by atoms with van der Waals surface area (Å²) in [5.41, 5.74) is 0.235. The molecule has 7 heteroatoms. The van der Waals surface area contributed by atoms with Gasteiger partial charge in [-0.25, -0.2) is 0 Å². The first-order valence-corrected chi connectivity index (χ1v) is 7.77. The van der Waals surface area contributed by atoms with Gasteiger partial charge in [0.05, 0.1) is 13.2 Å². The molecule has 0 aliphatic heterocycles. The summed E-state index contributed by atoms with van der Waals surface area (Å²) in [6, 6.07) is 12.8. The summed E-state index contributed by atoms with van der Waals surface area (Å²) < 4.78 is 39.5. The van der Waals surface area contributed by atoms with E-state index in [9.17, 15) is 13.6 Å². The predicted molar refractivity (Wildman–Crippen MR) is 88.5 cm³/mol. The Morgan fingerprint density at radius 3 is 2.36 bits per heavy atom. The van der Waals surface area contributed by atoms with Gasteiger partial charge in [0.1, 0.15) is 23.9 Å². The largest absolute Gasteiger partial charge is 0.494 e. The average Bonchev–Trinajstić information content (AvgIpc) is 2.60. The molecule has 1 N–H and O–H groups in total. The Labute approximate surface area is 144 Å². The number of amides is 1. The second-order valence-electron chi connectivity index (χ2n) is 4.92. The molecule has 0 heterocycles. The fourth-order valence-corrected chi connectivity index (χ4v) is 2.05. The Morgan fingerprint density at radius 1 is 1.04 bits per heavy atom. The number of alkyl halides is 2. The highest BCUT2D eigenvalue weighted by molar-refractivity contribution is 5.94. The Kier molecular flexibility index (Phi) is 7.00. The average molecular weight is 351 g/mol. The zero-order chi connectivity index (χ0) is 18.1. The van der Waals surface area contributed by atoms with Gasteiger partial charge in [-0.15, -0.1) is 0 Å². The fourth-order valence-electron chi connectivity index (χ4n) is 2.05. The first-order valence-electron chi connectivity index (χ1n) is 7.77. The Hall–Kier alpha value is -2.83. The molecule has 0 unspecified atom stereocenters. The van der Waals surface area contributed by atoms with Gasteiger partial charge in [-0.2, -0.15) is 8.78 Å². The smallest absolute Gasteiger partial charge is 0.387 e. The van der Waals surface area contributed by atoms with E-state index in [4.69, 9.17) is 9.47 Å². The number of nitrogens with one attached hydrogen (secondary N) is 1. The third kappa shape index (κ3) is 6.29. The monoisotopic (exact) mass is 351 g/mol. The van der Waals surface area contributed by atoms with Gasteiger partial charge in [-0.1, -0.05) is 6.07 Å². The molecule has 2 aromatic carbocycles. The van der Waals surface area contributed by atoms with E-state index in [-0.39, 0.29) is 24.5 Å². The van der Waals surface area contributed by atoms with Crippen LogP contribution in [0.1, 0.15) is 17.3 Å². The summed E-state index contributed by atoms with van der Waals surface area (Å²) >= 11 is 0. The summed E-state index contributed by atoms with van der Waals surface area (Å²) in [7, 11) is 0. The van der Waals surface area contributed by atoms with Gasteiger partial charge in [0.2, 0.25) is 0 Å². The number of hydrogen-bond donors (Lipinski definition) is 1. The Bertz CT molecular complexity index is 677. The van der Waals surface area contributed by atoms with Crippen molar-refractivity contribution in [3.63, 3.8) is 0 Å². The molecule has 0 radical (unpaired) electrons. The van der Waals surface area contributed by atoms with Crippen molar-refractivity contribution in [1.29, 1.82) is 0 Å². The van der Waals surface area contributed by atoms with E-state index in [1.54, 1.807) is 24.3 Å². The maximum atomic E-state index is 12.2. The minimum absolute atomic E-state index is 0.0618. The van der Waals surface area contributed by atoms with Crippen LogP contribution in [-0.2, 0) is 0 Å². The molecule has 134 valence electrons. The van der Waals surface area contributed by atoms with Crippen molar-refractivity contribution < 1.29 is 27.8 Å². The second kappa shape index (κ2) is 9.46. The zero-order valence-corrected chi connectivity index (χ0v) is 13.7. The molecule has 0 saturated carbocycles. The van der Waals surface area contributed by atoms with Crippen LogP contribution < -0.4 is 19.5 Å². The third-order valence-electron chi connectivity index (χ3n) is 3.11. The lowest BCUT2D eigenvalue weighted by atomic mass is 10.2. The molecule has 0 saturated heterocycles. The van der Waals surface area contributed by atoms with Gasteiger partial charge >= 0.3 is 6.61 Å². The molecule has 1 amide bonds. The van der Waals surface area contributed by atoms with E-state index >= 15 is 0 Å². The van der Waals surface area contributed by atoms with Crippen molar-refractivity contribution in [2.24, 2.45) is 0 Å². The van der Waals surface area contributed by atoms with E-state index in [0.29, 0.717) is 12.4 Å². The SMILES string of the molecule is CCOc1ccc(OCCNC(=O)c2cccc(OC(F)F)c2)cc1. The van der Waals surface area contributed by atoms with Crippen LogP contribution >= 0.6 is 0 Å². The fraction of sp³-hybridized carbons (Fsp3) is 0.278. The van der Waals surface area contributed by atoms with E-state index in [2.05, 4.69) is 10.1 Å². The summed E-state index contributed by atoms with van der Waals surface area (Å²) in [4.78, 5) is 12.0. The van der Waals surface area contributed by atoms with Gasteiger partial charge in [-0.3, -0.25) is 4.79 Å². The Morgan fingerprint density at radius 2 is 1.72 bits per heavy atom. The standard InChI is InChI=1S/C18H19F2NO4/c1-2-23-14-6-8-15(9-7-14)24-11-10-21-17(22)13-4-3-5-16(12-13)25-18(19)20/h3-9,12,18H,2,10-11H2,1H3,(H,21,22). The summed E-state index contributed by atoms with van der Waals surface area (Å²) in [5, 5.41) is 2.65. The van der Waals surface area contributed by atoms with E-state index < -0.39 is 12.5 Å². The minimum atomic E-state index is -2.93. The lowest BCUT2D eigenvalue weighted by Gasteiger charge is -2.10. The summed E-state index contributed by atoms with van der Waals surface area (Å²) in [5.74, 6) is 0.961. The maximum Gasteiger partial charge on any atom is 0.387 e. The molecule has 2 rings (SSSR count). The highest BCUT2D eigenvalue weighted by Gasteiger charge is 2.09.